The zero-order valence-corrected chi connectivity index (χ0v) is 19.8. The fraction of sp³-hybridized carbons (Fsp3) is 0.800. The first-order chi connectivity index (χ1) is 14.9. The molecule has 6 atom stereocenters. The summed E-state index contributed by atoms with van der Waals surface area (Å²) in [7, 11) is 0. The van der Waals surface area contributed by atoms with Gasteiger partial charge in [-0.05, 0) is 13.8 Å². The summed E-state index contributed by atoms with van der Waals surface area (Å²) in [6.07, 6.45) is -4.64. The van der Waals surface area contributed by atoms with E-state index in [4.69, 9.17) is 33.2 Å². The van der Waals surface area contributed by atoms with Crippen molar-refractivity contribution in [2.24, 2.45) is 0 Å². The number of hydrogen-bond donors (Lipinski definition) is 0. The summed E-state index contributed by atoms with van der Waals surface area (Å²) < 4.78 is 38.6. The van der Waals surface area contributed by atoms with E-state index in [1.54, 1.807) is 13.8 Å². The van der Waals surface area contributed by atoms with Crippen molar-refractivity contribution in [3.63, 3.8) is 0 Å². The Kier molecular flexibility index (Phi) is 9.31. The highest BCUT2D eigenvalue weighted by Gasteiger charge is 2.52. The summed E-state index contributed by atoms with van der Waals surface area (Å²) >= 11 is 1.26. The van der Waals surface area contributed by atoms with Gasteiger partial charge in [0.2, 0.25) is 0 Å². The molecular weight excluding hydrogens is 448 g/mol. The molecule has 1 unspecified atom stereocenters. The van der Waals surface area contributed by atoms with E-state index in [9.17, 15) is 19.2 Å². The van der Waals surface area contributed by atoms with Gasteiger partial charge in [0.1, 0.15) is 18.1 Å². The lowest BCUT2D eigenvalue weighted by Crippen LogP contribution is -2.61. The van der Waals surface area contributed by atoms with Gasteiger partial charge in [-0.1, -0.05) is 0 Å². The highest BCUT2D eigenvalue weighted by Crippen LogP contribution is 2.36. The van der Waals surface area contributed by atoms with Crippen LogP contribution in [-0.2, 0) is 52.3 Å². The second kappa shape index (κ2) is 11.3. The molecule has 2 heterocycles. The molecule has 0 radical (unpaired) electrons. The van der Waals surface area contributed by atoms with Gasteiger partial charge in [0.05, 0.1) is 12.7 Å². The minimum Gasteiger partial charge on any atom is -0.463 e. The lowest BCUT2D eigenvalue weighted by Gasteiger charge is -2.44. The Hall–Kier alpha value is -1.89. The Morgan fingerprint density at radius 2 is 1.44 bits per heavy atom. The molecule has 2 aliphatic rings. The van der Waals surface area contributed by atoms with Crippen molar-refractivity contribution in [2.75, 3.05) is 19.0 Å². The molecule has 0 spiro atoms. The fourth-order valence-corrected chi connectivity index (χ4v) is 4.56. The zero-order valence-electron chi connectivity index (χ0n) is 19.0. The van der Waals surface area contributed by atoms with Gasteiger partial charge in [-0.3, -0.25) is 19.2 Å². The number of ether oxygens (including phenoxy) is 7. The first-order valence-electron chi connectivity index (χ1n) is 10.1. The highest BCUT2D eigenvalue weighted by atomic mass is 32.2. The predicted molar refractivity (Wildman–Crippen MR) is 109 cm³/mol. The molecule has 32 heavy (non-hydrogen) atoms. The van der Waals surface area contributed by atoms with E-state index in [2.05, 4.69) is 0 Å². The third-order valence-corrected chi connectivity index (χ3v) is 5.73. The van der Waals surface area contributed by atoms with Crippen LogP contribution in [0.2, 0.25) is 0 Å². The first kappa shape index (κ1) is 26.4. The minimum absolute atomic E-state index is 0.248. The van der Waals surface area contributed by atoms with Gasteiger partial charge < -0.3 is 33.2 Å². The maximum absolute atomic E-state index is 11.8. The van der Waals surface area contributed by atoms with Crippen molar-refractivity contribution in [3.05, 3.63) is 0 Å². The van der Waals surface area contributed by atoms with Gasteiger partial charge in [-0.2, -0.15) is 0 Å². The Morgan fingerprint density at radius 1 is 0.875 bits per heavy atom. The normalized spacial score (nSPS) is 31.4. The van der Waals surface area contributed by atoms with Crippen LogP contribution in [0.1, 0.15) is 41.5 Å². The van der Waals surface area contributed by atoms with Crippen LogP contribution < -0.4 is 0 Å². The Morgan fingerprint density at radius 3 is 1.94 bits per heavy atom. The molecule has 0 bridgehead atoms. The molecule has 0 saturated carbocycles. The second-order valence-electron chi connectivity index (χ2n) is 7.85. The van der Waals surface area contributed by atoms with E-state index in [0.717, 1.165) is 0 Å². The SMILES string of the molecule is CC(=O)OC[C@H]1O[C@H](SCC2COC(C)(C)O2)[C@H](OC(C)=O)[C@@H](OC(C)=O)[C@@H]1OC(C)=O. The van der Waals surface area contributed by atoms with Crippen LogP contribution >= 0.6 is 11.8 Å². The zero-order chi connectivity index (χ0) is 24.1. The number of rotatable bonds is 8. The minimum atomic E-state index is -1.18. The van der Waals surface area contributed by atoms with E-state index in [-0.39, 0.29) is 12.7 Å². The maximum atomic E-state index is 11.8. The van der Waals surface area contributed by atoms with Crippen LogP contribution in [0.3, 0.4) is 0 Å². The highest BCUT2D eigenvalue weighted by molar-refractivity contribution is 7.99. The second-order valence-corrected chi connectivity index (χ2v) is 8.98. The number of esters is 4. The number of carbonyl (C=O) groups is 4. The average Bonchev–Trinajstić information content (AvgIpc) is 3.00. The molecule has 0 aromatic carbocycles. The van der Waals surface area contributed by atoms with Crippen molar-refractivity contribution in [3.8, 4) is 0 Å². The van der Waals surface area contributed by atoms with Crippen molar-refractivity contribution >= 4 is 35.6 Å². The topological polar surface area (TPSA) is 133 Å². The van der Waals surface area contributed by atoms with E-state index < -0.39 is 59.5 Å². The summed E-state index contributed by atoms with van der Waals surface area (Å²) in [5.74, 6) is -2.85. The summed E-state index contributed by atoms with van der Waals surface area (Å²) in [6, 6.07) is 0. The van der Waals surface area contributed by atoms with Crippen LogP contribution in [0.4, 0.5) is 0 Å². The Balaban J connectivity index is 2.28. The van der Waals surface area contributed by atoms with Crippen molar-refractivity contribution in [1.82, 2.24) is 0 Å². The molecule has 0 aromatic rings. The molecule has 11 nitrogen and oxygen atoms in total. The summed E-state index contributed by atoms with van der Waals surface area (Å²) in [5, 5.41) is 0. The van der Waals surface area contributed by atoms with Crippen molar-refractivity contribution < 1.29 is 52.3 Å². The van der Waals surface area contributed by atoms with Gasteiger partial charge in [0, 0.05) is 33.4 Å². The van der Waals surface area contributed by atoms with E-state index in [1.165, 1.54) is 39.5 Å². The Labute approximate surface area is 190 Å². The quantitative estimate of drug-likeness (QED) is 0.363. The first-order valence-corrected chi connectivity index (χ1v) is 11.2. The van der Waals surface area contributed by atoms with Crippen LogP contribution in [0, 0.1) is 0 Å². The van der Waals surface area contributed by atoms with Crippen molar-refractivity contribution in [1.29, 1.82) is 0 Å². The maximum Gasteiger partial charge on any atom is 0.303 e. The molecule has 182 valence electrons. The third kappa shape index (κ3) is 7.91. The molecule has 2 fully saturated rings. The lowest BCUT2D eigenvalue weighted by molar-refractivity contribution is -0.237. The van der Waals surface area contributed by atoms with Crippen LogP contribution in [0.15, 0.2) is 0 Å². The van der Waals surface area contributed by atoms with Crippen molar-refractivity contribution in [2.45, 2.75) is 83.3 Å². The molecule has 12 heteroatoms. The molecule has 0 N–H and O–H groups in total. The molecule has 0 amide bonds. The average molecular weight is 479 g/mol. The molecular formula is C20H30O11S. The van der Waals surface area contributed by atoms with Gasteiger partial charge in [0.25, 0.3) is 0 Å². The number of carbonyl (C=O) groups excluding carboxylic acids is 4. The monoisotopic (exact) mass is 478 g/mol. The number of thioether (sulfide) groups is 1. The predicted octanol–water partition coefficient (Wildman–Crippen LogP) is 0.954. The molecule has 2 rings (SSSR count). The summed E-state index contributed by atoms with van der Waals surface area (Å²) in [6.45, 7) is 8.48. The van der Waals surface area contributed by atoms with Gasteiger partial charge in [0.15, 0.2) is 24.1 Å². The van der Waals surface area contributed by atoms with Crippen LogP contribution in [-0.4, -0.2) is 84.6 Å². The number of hydrogen-bond acceptors (Lipinski definition) is 12. The molecule has 0 aromatic heterocycles. The molecule has 2 aliphatic heterocycles. The Bertz CT molecular complexity index is 710. The van der Waals surface area contributed by atoms with Gasteiger partial charge in [-0.25, -0.2) is 0 Å². The largest absolute Gasteiger partial charge is 0.463 e. The van der Waals surface area contributed by atoms with Crippen LogP contribution in [0.5, 0.6) is 0 Å². The van der Waals surface area contributed by atoms with Gasteiger partial charge >= 0.3 is 23.9 Å². The fourth-order valence-electron chi connectivity index (χ4n) is 3.37. The van der Waals surface area contributed by atoms with Gasteiger partial charge in [-0.15, -0.1) is 11.8 Å². The lowest BCUT2D eigenvalue weighted by atomic mass is 9.99. The van der Waals surface area contributed by atoms with E-state index in [0.29, 0.717) is 12.4 Å². The molecule has 2 saturated heterocycles. The standard InChI is InChI=1S/C20H30O11S/c1-10(21)25-8-15-16(27-11(2)22)17(28-12(3)23)18(29-13(4)24)19(30-15)32-9-14-7-26-20(5,6)31-14/h14-19H,7-9H2,1-6H3/t14?,15-,16-,17+,18-,19-/m1/s1. The smallest absolute Gasteiger partial charge is 0.303 e. The molecule has 0 aliphatic carbocycles. The van der Waals surface area contributed by atoms with E-state index in [1.807, 2.05) is 0 Å². The summed E-state index contributed by atoms with van der Waals surface area (Å²) in [4.78, 5) is 46.7. The van der Waals surface area contributed by atoms with Crippen LogP contribution in [0.25, 0.3) is 0 Å². The summed E-state index contributed by atoms with van der Waals surface area (Å²) in [5.41, 5.74) is -0.831. The third-order valence-electron chi connectivity index (χ3n) is 4.46. The van der Waals surface area contributed by atoms with E-state index >= 15 is 0 Å².